The highest BCUT2D eigenvalue weighted by atomic mass is 32.2. The van der Waals surface area contributed by atoms with E-state index in [4.69, 9.17) is 9.52 Å². The van der Waals surface area contributed by atoms with Gasteiger partial charge in [0.15, 0.2) is 4.34 Å². The van der Waals surface area contributed by atoms with Crippen LogP contribution in [0.4, 0.5) is 5.69 Å². The Morgan fingerprint density at radius 3 is 3.00 bits per heavy atom. The molecule has 2 aromatic heterocycles. The smallest absolute Gasteiger partial charge is 0.371 e. The third kappa shape index (κ3) is 3.03. The SMILES string of the molecule is CSc1nc2ccc(NCc3ccc(C(=O)O)o3)cc2s1. The van der Waals surface area contributed by atoms with E-state index >= 15 is 0 Å². The van der Waals surface area contributed by atoms with Crippen molar-refractivity contribution >= 4 is 45.0 Å². The molecule has 21 heavy (non-hydrogen) atoms. The first-order chi connectivity index (χ1) is 10.2. The number of carboxylic acid groups (broad SMARTS) is 1. The zero-order valence-electron chi connectivity index (χ0n) is 11.1. The highest BCUT2D eigenvalue weighted by molar-refractivity contribution is 8.00. The van der Waals surface area contributed by atoms with Gasteiger partial charge >= 0.3 is 5.97 Å². The Hall–Kier alpha value is -1.99. The Kier molecular flexibility index (Phi) is 3.85. The van der Waals surface area contributed by atoms with E-state index < -0.39 is 5.97 Å². The number of aromatic carboxylic acids is 1. The number of anilines is 1. The number of fused-ring (bicyclic) bond motifs is 1. The molecule has 3 rings (SSSR count). The van der Waals surface area contributed by atoms with Crippen molar-refractivity contribution in [2.45, 2.75) is 10.9 Å². The minimum atomic E-state index is -1.06. The van der Waals surface area contributed by atoms with Crippen LogP contribution in [-0.2, 0) is 6.54 Å². The fraction of sp³-hybridized carbons (Fsp3) is 0.143. The number of rotatable bonds is 5. The van der Waals surface area contributed by atoms with Gasteiger partial charge in [-0.25, -0.2) is 9.78 Å². The Morgan fingerprint density at radius 2 is 2.29 bits per heavy atom. The lowest BCUT2D eigenvalue weighted by Crippen LogP contribution is -1.98. The fourth-order valence-electron chi connectivity index (χ4n) is 1.88. The van der Waals surface area contributed by atoms with Crippen molar-refractivity contribution < 1.29 is 14.3 Å². The van der Waals surface area contributed by atoms with Crippen molar-refractivity contribution in [3.8, 4) is 0 Å². The van der Waals surface area contributed by atoms with Crippen molar-refractivity contribution in [2.75, 3.05) is 11.6 Å². The summed E-state index contributed by atoms with van der Waals surface area (Å²) in [5.41, 5.74) is 1.94. The van der Waals surface area contributed by atoms with Gasteiger partial charge in [0.1, 0.15) is 5.76 Å². The summed E-state index contributed by atoms with van der Waals surface area (Å²) in [7, 11) is 0. The Bertz CT molecular complexity index is 794. The third-order valence-electron chi connectivity index (χ3n) is 2.88. The molecule has 0 aliphatic rings. The van der Waals surface area contributed by atoms with Crippen molar-refractivity contribution in [3.63, 3.8) is 0 Å². The molecule has 3 aromatic rings. The van der Waals surface area contributed by atoms with Gasteiger partial charge in [-0.05, 0) is 36.6 Å². The number of nitrogens with zero attached hydrogens (tertiary/aromatic N) is 1. The van der Waals surface area contributed by atoms with E-state index in [1.165, 1.54) is 6.07 Å². The maximum absolute atomic E-state index is 10.7. The topological polar surface area (TPSA) is 75.4 Å². The van der Waals surface area contributed by atoms with Crippen LogP contribution in [0.1, 0.15) is 16.3 Å². The lowest BCUT2D eigenvalue weighted by molar-refractivity contribution is 0.0660. The normalized spacial score (nSPS) is 10.9. The zero-order chi connectivity index (χ0) is 14.8. The maximum atomic E-state index is 10.7. The number of benzene rings is 1. The highest BCUT2D eigenvalue weighted by Crippen LogP contribution is 2.30. The minimum absolute atomic E-state index is 0.0469. The molecule has 0 unspecified atom stereocenters. The first-order valence-corrected chi connectivity index (χ1v) is 8.20. The van der Waals surface area contributed by atoms with Crippen LogP contribution in [0.2, 0.25) is 0 Å². The number of thiazole rings is 1. The van der Waals surface area contributed by atoms with Gasteiger partial charge in [-0.1, -0.05) is 11.8 Å². The van der Waals surface area contributed by atoms with Crippen molar-refractivity contribution in [3.05, 3.63) is 41.9 Å². The molecule has 0 amide bonds. The molecule has 0 spiro atoms. The predicted octanol–water partition coefficient (Wildman–Crippen LogP) is 3.92. The van der Waals surface area contributed by atoms with Gasteiger partial charge in [-0.2, -0.15) is 0 Å². The molecule has 0 saturated heterocycles. The number of thioether (sulfide) groups is 1. The number of hydrogen-bond donors (Lipinski definition) is 2. The monoisotopic (exact) mass is 320 g/mol. The van der Waals surface area contributed by atoms with Crippen LogP contribution in [0, 0.1) is 0 Å². The largest absolute Gasteiger partial charge is 0.475 e. The summed E-state index contributed by atoms with van der Waals surface area (Å²) in [6.07, 6.45) is 2.01. The lowest BCUT2D eigenvalue weighted by Gasteiger charge is -2.03. The van der Waals surface area contributed by atoms with E-state index in [1.807, 2.05) is 24.5 Å². The van der Waals surface area contributed by atoms with E-state index in [2.05, 4.69) is 10.3 Å². The molecule has 0 atom stereocenters. The van der Waals surface area contributed by atoms with Crippen LogP contribution >= 0.6 is 23.1 Å². The van der Waals surface area contributed by atoms with Crippen LogP contribution in [0.15, 0.2) is 39.1 Å². The maximum Gasteiger partial charge on any atom is 0.371 e. The summed E-state index contributed by atoms with van der Waals surface area (Å²) in [5.74, 6) is -0.521. The first-order valence-electron chi connectivity index (χ1n) is 6.16. The molecule has 108 valence electrons. The van der Waals surface area contributed by atoms with Gasteiger partial charge in [0, 0.05) is 5.69 Å². The summed E-state index contributed by atoms with van der Waals surface area (Å²) in [6, 6.07) is 9.07. The number of carboxylic acids is 1. The molecule has 5 nitrogen and oxygen atoms in total. The second-order valence-electron chi connectivity index (χ2n) is 4.29. The number of nitrogens with one attached hydrogen (secondary N) is 1. The Morgan fingerprint density at radius 1 is 1.43 bits per heavy atom. The molecule has 0 aliphatic carbocycles. The van der Waals surface area contributed by atoms with E-state index in [1.54, 1.807) is 29.2 Å². The van der Waals surface area contributed by atoms with Gasteiger partial charge in [0.05, 0.1) is 16.8 Å². The molecule has 0 radical (unpaired) electrons. The minimum Gasteiger partial charge on any atom is -0.475 e. The first kappa shape index (κ1) is 14.0. The number of hydrogen-bond acceptors (Lipinski definition) is 6. The molecule has 2 N–H and O–H groups in total. The lowest BCUT2D eigenvalue weighted by atomic mass is 10.3. The summed E-state index contributed by atoms with van der Waals surface area (Å²) >= 11 is 3.28. The van der Waals surface area contributed by atoms with E-state index in [9.17, 15) is 4.79 Å². The fourth-order valence-corrected chi connectivity index (χ4v) is 3.41. The van der Waals surface area contributed by atoms with Crippen LogP contribution in [0.5, 0.6) is 0 Å². The highest BCUT2D eigenvalue weighted by Gasteiger charge is 2.09. The number of furan rings is 1. The van der Waals surface area contributed by atoms with E-state index in [0.717, 1.165) is 20.2 Å². The second kappa shape index (κ2) is 5.79. The number of aromatic nitrogens is 1. The summed E-state index contributed by atoms with van der Waals surface area (Å²) in [6.45, 7) is 0.437. The summed E-state index contributed by atoms with van der Waals surface area (Å²) in [5, 5.41) is 12.0. The molecular weight excluding hydrogens is 308 g/mol. The Balaban J connectivity index is 1.73. The number of carbonyl (C=O) groups is 1. The molecule has 0 aliphatic heterocycles. The van der Waals surface area contributed by atoms with Crippen molar-refractivity contribution in [1.82, 2.24) is 4.98 Å². The average Bonchev–Trinajstić information content (AvgIpc) is 3.10. The van der Waals surface area contributed by atoms with Crippen molar-refractivity contribution in [2.24, 2.45) is 0 Å². The molecular formula is C14H12N2O3S2. The van der Waals surface area contributed by atoms with Gasteiger partial charge in [0.2, 0.25) is 5.76 Å². The van der Waals surface area contributed by atoms with Gasteiger partial charge < -0.3 is 14.8 Å². The molecule has 2 heterocycles. The molecule has 0 saturated carbocycles. The average molecular weight is 320 g/mol. The second-order valence-corrected chi connectivity index (χ2v) is 6.38. The molecule has 0 fully saturated rings. The van der Waals surface area contributed by atoms with E-state index in [0.29, 0.717) is 12.3 Å². The van der Waals surface area contributed by atoms with Crippen LogP contribution in [0.3, 0.4) is 0 Å². The Labute approximate surface area is 129 Å². The zero-order valence-corrected chi connectivity index (χ0v) is 12.8. The molecule has 7 heteroatoms. The summed E-state index contributed by atoms with van der Waals surface area (Å²) in [4.78, 5) is 15.2. The van der Waals surface area contributed by atoms with Crippen LogP contribution in [-0.4, -0.2) is 22.3 Å². The van der Waals surface area contributed by atoms with E-state index in [-0.39, 0.29) is 5.76 Å². The third-order valence-corrected chi connectivity index (χ3v) is 4.89. The van der Waals surface area contributed by atoms with Crippen molar-refractivity contribution in [1.29, 1.82) is 0 Å². The molecule has 0 bridgehead atoms. The van der Waals surface area contributed by atoms with Crippen LogP contribution in [0.25, 0.3) is 10.2 Å². The summed E-state index contributed by atoms with van der Waals surface area (Å²) < 4.78 is 7.36. The van der Waals surface area contributed by atoms with Gasteiger partial charge in [-0.15, -0.1) is 11.3 Å². The molecule has 1 aromatic carbocycles. The quantitative estimate of drug-likeness (QED) is 0.694. The van der Waals surface area contributed by atoms with Gasteiger partial charge in [0.25, 0.3) is 0 Å². The standard InChI is InChI=1S/C14H12N2O3S2/c1-20-14-16-10-4-2-8(6-12(10)21-14)15-7-9-3-5-11(19-9)13(17)18/h2-6,15H,7H2,1H3,(H,17,18). The van der Waals surface area contributed by atoms with Crippen LogP contribution < -0.4 is 5.32 Å². The van der Waals surface area contributed by atoms with Gasteiger partial charge in [-0.3, -0.25) is 0 Å². The predicted molar refractivity (Wildman–Crippen MR) is 84.4 cm³/mol.